The molecule has 1 saturated heterocycles. The van der Waals surface area contributed by atoms with Crippen molar-refractivity contribution in [3.63, 3.8) is 0 Å². The zero-order valence-corrected chi connectivity index (χ0v) is 11.5. The van der Waals surface area contributed by atoms with E-state index in [1.807, 2.05) is 6.92 Å². The molecule has 2 heterocycles. The summed E-state index contributed by atoms with van der Waals surface area (Å²) >= 11 is 0. The minimum absolute atomic E-state index is 0.0816. The van der Waals surface area contributed by atoms with Gasteiger partial charge in [-0.05, 0) is 12.8 Å². The third-order valence-electron chi connectivity index (χ3n) is 3.36. The molecule has 0 spiro atoms. The Bertz CT molecular complexity index is 558. The van der Waals surface area contributed by atoms with E-state index in [2.05, 4.69) is 9.97 Å². The Hall–Kier alpha value is -1.41. The van der Waals surface area contributed by atoms with Gasteiger partial charge in [0, 0.05) is 19.5 Å². The molecule has 106 valence electrons. The summed E-state index contributed by atoms with van der Waals surface area (Å²) in [6, 6.07) is 0. The maximum absolute atomic E-state index is 12.3. The van der Waals surface area contributed by atoms with Crippen LogP contribution in [0.2, 0.25) is 0 Å². The summed E-state index contributed by atoms with van der Waals surface area (Å²) < 4.78 is 25.9. The third kappa shape index (κ3) is 2.79. The van der Waals surface area contributed by atoms with Gasteiger partial charge in [0.25, 0.3) is 10.0 Å². The average molecular weight is 287 g/mol. The van der Waals surface area contributed by atoms with Gasteiger partial charge in [0.05, 0.1) is 12.1 Å². The Morgan fingerprint density at radius 3 is 2.63 bits per heavy atom. The van der Waals surface area contributed by atoms with Gasteiger partial charge in [0.2, 0.25) is 0 Å². The normalized spacial score (nSPS) is 18.6. The van der Waals surface area contributed by atoms with Crippen LogP contribution in [-0.4, -0.2) is 46.9 Å². The van der Waals surface area contributed by atoms with Crippen LogP contribution in [0.1, 0.15) is 25.6 Å². The number of nitrogens with one attached hydrogen (secondary N) is 1. The zero-order valence-electron chi connectivity index (χ0n) is 10.7. The molecule has 0 atom stereocenters. The van der Waals surface area contributed by atoms with E-state index in [9.17, 15) is 13.2 Å². The number of piperidine rings is 1. The summed E-state index contributed by atoms with van der Waals surface area (Å²) in [5.41, 5.74) is 0. The molecule has 0 aliphatic carbocycles. The van der Waals surface area contributed by atoms with E-state index < -0.39 is 21.9 Å². The van der Waals surface area contributed by atoms with Gasteiger partial charge in [0.15, 0.2) is 5.03 Å². The fourth-order valence-corrected chi connectivity index (χ4v) is 3.54. The Morgan fingerprint density at radius 2 is 2.16 bits per heavy atom. The molecule has 2 rings (SSSR count). The summed E-state index contributed by atoms with van der Waals surface area (Å²) in [5, 5.41) is 8.98. The summed E-state index contributed by atoms with van der Waals surface area (Å²) in [4.78, 5) is 17.6. The largest absolute Gasteiger partial charge is 0.481 e. The van der Waals surface area contributed by atoms with E-state index in [0.29, 0.717) is 25.1 Å². The summed E-state index contributed by atoms with van der Waals surface area (Å²) in [6.45, 7) is 2.35. The van der Waals surface area contributed by atoms with E-state index >= 15 is 0 Å². The topological polar surface area (TPSA) is 103 Å². The molecule has 1 aromatic rings. The number of hydrogen-bond acceptors (Lipinski definition) is 4. The summed E-state index contributed by atoms with van der Waals surface area (Å²) in [7, 11) is -3.58. The van der Waals surface area contributed by atoms with Crippen molar-refractivity contribution in [3.05, 3.63) is 12.0 Å². The molecule has 1 fully saturated rings. The number of nitrogens with zero attached hydrogens (tertiary/aromatic N) is 2. The van der Waals surface area contributed by atoms with Gasteiger partial charge in [-0.1, -0.05) is 6.92 Å². The highest BCUT2D eigenvalue weighted by atomic mass is 32.2. The fourth-order valence-electron chi connectivity index (χ4n) is 2.14. The molecule has 7 nitrogen and oxygen atoms in total. The van der Waals surface area contributed by atoms with E-state index in [4.69, 9.17) is 5.11 Å². The van der Waals surface area contributed by atoms with E-state index in [0.717, 1.165) is 0 Å². The van der Waals surface area contributed by atoms with Gasteiger partial charge in [-0.15, -0.1) is 0 Å². The lowest BCUT2D eigenvalue weighted by Crippen LogP contribution is -2.40. The molecule has 0 radical (unpaired) electrons. The number of aryl methyl sites for hydroxylation is 1. The maximum atomic E-state index is 12.3. The van der Waals surface area contributed by atoms with Gasteiger partial charge in [-0.25, -0.2) is 13.4 Å². The Labute approximate surface area is 111 Å². The molecule has 0 unspecified atom stereocenters. The van der Waals surface area contributed by atoms with Crippen LogP contribution < -0.4 is 0 Å². The number of H-pyrrole nitrogens is 1. The van der Waals surface area contributed by atoms with Crippen molar-refractivity contribution in [2.24, 2.45) is 5.92 Å². The molecule has 19 heavy (non-hydrogen) atoms. The second kappa shape index (κ2) is 5.30. The first-order chi connectivity index (χ1) is 8.95. The number of sulfonamides is 1. The molecule has 0 saturated carbocycles. The second-order valence-electron chi connectivity index (χ2n) is 4.56. The molecule has 1 aliphatic rings. The van der Waals surface area contributed by atoms with Crippen LogP contribution in [0.15, 0.2) is 11.2 Å². The highest BCUT2D eigenvalue weighted by Crippen LogP contribution is 2.23. The van der Waals surface area contributed by atoms with Crippen LogP contribution in [0.25, 0.3) is 0 Å². The van der Waals surface area contributed by atoms with Crippen LogP contribution in [0.5, 0.6) is 0 Å². The standard InChI is InChI=1S/C11H17N3O4S/c1-2-9-12-7-10(13-9)19(17,18)14-5-3-8(4-6-14)11(15)16/h7-8H,2-6H2,1H3,(H,12,13)(H,15,16). The van der Waals surface area contributed by atoms with Gasteiger partial charge in [-0.2, -0.15) is 4.31 Å². The number of rotatable bonds is 4. The number of aromatic nitrogens is 2. The lowest BCUT2D eigenvalue weighted by atomic mass is 9.99. The number of aromatic amines is 1. The molecular formula is C11H17N3O4S. The highest BCUT2D eigenvalue weighted by molar-refractivity contribution is 7.89. The number of carboxylic acids is 1. The smallest absolute Gasteiger partial charge is 0.306 e. The van der Waals surface area contributed by atoms with E-state index in [1.54, 1.807) is 0 Å². The molecular weight excluding hydrogens is 270 g/mol. The second-order valence-corrected chi connectivity index (χ2v) is 6.47. The van der Waals surface area contributed by atoms with E-state index in [-0.39, 0.29) is 18.1 Å². The predicted octanol–water partition coefficient (Wildman–Crippen LogP) is 0.457. The lowest BCUT2D eigenvalue weighted by Gasteiger charge is -2.28. The first-order valence-corrected chi connectivity index (χ1v) is 7.66. The molecule has 8 heteroatoms. The summed E-state index contributed by atoms with van der Waals surface area (Å²) in [6.07, 6.45) is 2.65. The van der Waals surface area contributed by atoms with Crippen LogP contribution >= 0.6 is 0 Å². The van der Waals surface area contributed by atoms with Crippen molar-refractivity contribution < 1.29 is 18.3 Å². The monoisotopic (exact) mass is 287 g/mol. The lowest BCUT2D eigenvalue weighted by molar-refractivity contribution is -0.142. The van der Waals surface area contributed by atoms with Gasteiger partial charge in [0.1, 0.15) is 5.82 Å². The third-order valence-corrected chi connectivity index (χ3v) is 5.17. The van der Waals surface area contributed by atoms with Crippen LogP contribution in [0.3, 0.4) is 0 Å². The van der Waals surface area contributed by atoms with Crippen LogP contribution in [0.4, 0.5) is 0 Å². The number of carboxylic acid groups (broad SMARTS) is 1. The first-order valence-electron chi connectivity index (χ1n) is 6.22. The van der Waals surface area contributed by atoms with Crippen molar-refractivity contribution in [2.75, 3.05) is 13.1 Å². The Kier molecular flexibility index (Phi) is 3.91. The first kappa shape index (κ1) is 14.0. The van der Waals surface area contributed by atoms with Gasteiger partial charge >= 0.3 is 5.97 Å². The fraction of sp³-hybridized carbons (Fsp3) is 0.636. The van der Waals surface area contributed by atoms with Gasteiger partial charge in [-0.3, -0.25) is 4.79 Å². The molecule has 0 amide bonds. The predicted molar refractivity (Wildman–Crippen MR) is 67.1 cm³/mol. The maximum Gasteiger partial charge on any atom is 0.306 e. The number of hydrogen-bond donors (Lipinski definition) is 2. The molecule has 1 aliphatic heterocycles. The van der Waals surface area contributed by atoms with Crippen LogP contribution in [-0.2, 0) is 21.2 Å². The number of carbonyl (C=O) groups is 1. The molecule has 2 N–H and O–H groups in total. The highest BCUT2D eigenvalue weighted by Gasteiger charge is 2.32. The zero-order chi connectivity index (χ0) is 14.0. The Balaban J connectivity index is 2.11. The van der Waals surface area contributed by atoms with Crippen LogP contribution in [0, 0.1) is 5.92 Å². The van der Waals surface area contributed by atoms with E-state index in [1.165, 1.54) is 10.5 Å². The molecule has 1 aromatic heterocycles. The minimum Gasteiger partial charge on any atom is -0.481 e. The SMILES string of the molecule is CCc1ncc(S(=O)(=O)N2CCC(C(=O)O)CC2)[nH]1. The van der Waals surface area contributed by atoms with Crippen molar-refractivity contribution in [1.29, 1.82) is 0 Å². The van der Waals surface area contributed by atoms with Crippen molar-refractivity contribution in [3.8, 4) is 0 Å². The van der Waals surface area contributed by atoms with Crippen molar-refractivity contribution >= 4 is 16.0 Å². The Morgan fingerprint density at radius 1 is 1.53 bits per heavy atom. The molecule has 0 bridgehead atoms. The quantitative estimate of drug-likeness (QED) is 0.837. The summed E-state index contributed by atoms with van der Waals surface area (Å²) in [5.74, 6) is -0.676. The average Bonchev–Trinajstić information content (AvgIpc) is 2.88. The molecule has 0 aromatic carbocycles. The minimum atomic E-state index is -3.58. The number of aliphatic carboxylic acids is 1. The van der Waals surface area contributed by atoms with Crippen molar-refractivity contribution in [1.82, 2.24) is 14.3 Å². The van der Waals surface area contributed by atoms with Gasteiger partial charge < -0.3 is 10.1 Å². The number of imidazole rings is 1. The van der Waals surface area contributed by atoms with Crippen molar-refractivity contribution in [2.45, 2.75) is 31.2 Å².